The zero-order chi connectivity index (χ0) is 11.5. The van der Waals surface area contributed by atoms with E-state index < -0.39 is 6.10 Å². The lowest BCUT2D eigenvalue weighted by Gasteiger charge is -2.08. The number of aromatic nitrogens is 2. The topological polar surface area (TPSA) is 48.9 Å². The summed E-state index contributed by atoms with van der Waals surface area (Å²) in [5, 5.41) is 10.8. The van der Waals surface area contributed by atoms with Gasteiger partial charge in [0.05, 0.1) is 6.10 Å². The van der Waals surface area contributed by atoms with E-state index in [1.807, 2.05) is 18.2 Å². The molecule has 0 saturated carbocycles. The number of nitrogens with one attached hydrogen (secondary N) is 1. The minimum atomic E-state index is -0.546. The predicted octanol–water partition coefficient (Wildman–Crippen LogP) is 3.27. The Labute approximate surface area is 103 Å². The molecule has 5 heteroatoms. The Morgan fingerprint density at radius 1 is 1.50 bits per heavy atom. The Bertz CT molecular complexity index is 471. The number of aromatic amines is 1. The van der Waals surface area contributed by atoms with Crippen molar-refractivity contribution in [3.05, 3.63) is 41.2 Å². The third kappa shape index (κ3) is 2.58. The van der Waals surface area contributed by atoms with Crippen molar-refractivity contribution in [2.24, 2.45) is 0 Å². The molecule has 0 amide bonds. The third-order valence-electron chi connectivity index (χ3n) is 2.11. The molecule has 1 aromatic heterocycles. The average molecular weight is 255 g/mol. The maximum Gasteiger partial charge on any atom is 0.170 e. The molecule has 1 unspecified atom stereocenters. The molecule has 0 spiro atoms. The van der Waals surface area contributed by atoms with Crippen LogP contribution in [0.15, 0.2) is 40.6 Å². The van der Waals surface area contributed by atoms with Crippen molar-refractivity contribution in [2.75, 3.05) is 0 Å². The average Bonchev–Trinajstić information content (AvgIpc) is 2.70. The molecule has 0 radical (unpaired) electrons. The number of aliphatic hydroxyl groups is 1. The largest absolute Gasteiger partial charge is 0.389 e. The summed E-state index contributed by atoms with van der Waals surface area (Å²) < 4.78 is 0. The van der Waals surface area contributed by atoms with E-state index in [-0.39, 0.29) is 0 Å². The van der Waals surface area contributed by atoms with E-state index in [2.05, 4.69) is 9.97 Å². The van der Waals surface area contributed by atoms with E-state index in [1.54, 1.807) is 19.3 Å². The highest BCUT2D eigenvalue weighted by molar-refractivity contribution is 7.99. The molecule has 0 aliphatic carbocycles. The summed E-state index contributed by atoms with van der Waals surface area (Å²) in [6, 6.07) is 5.58. The first-order chi connectivity index (χ1) is 7.66. The fourth-order valence-electron chi connectivity index (χ4n) is 1.33. The fourth-order valence-corrected chi connectivity index (χ4v) is 2.51. The van der Waals surface area contributed by atoms with Crippen LogP contribution in [0, 0.1) is 0 Å². The van der Waals surface area contributed by atoms with Gasteiger partial charge in [0.1, 0.15) is 0 Å². The first-order valence-electron chi connectivity index (χ1n) is 4.81. The summed E-state index contributed by atoms with van der Waals surface area (Å²) in [5.74, 6) is 0. The second-order valence-corrected chi connectivity index (χ2v) is 4.83. The van der Waals surface area contributed by atoms with Crippen LogP contribution in [0.4, 0.5) is 0 Å². The lowest BCUT2D eigenvalue weighted by Crippen LogP contribution is -1.92. The summed E-state index contributed by atoms with van der Waals surface area (Å²) in [7, 11) is 0. The number of benzene rings is 1. The number of hydrogen-bond donors (Lipinski definition) is 2. The van der Waals surface area contributed by atoms with Gasteiger partial charge in [0.25, 0.3) is 0 Å². The van der Waals surface area contributed by atoms with Crippen molar-refractivity contribution >= 4 is 23.4 Å². The molecule has 0 fully saturated rings. The monoisotopic (exact) mass is 254 g/mol. The van der Waals surface area contributed by atoms with Gasteiger partial charge in [-0.3, -0.25) is 0 Å². The van der Waals surface area contributed by atoms with Gasteiger partial charge in [0, 0.05) is 22.3 Å². The van der Waals surface area contributed by atoms with E-state index in [1.165, 1.54) is 11.8 Å². The van der Waals surface area contributed by atoms with Gasteiger partial charge in [0.15, 0.2) is 5.16 Å². The lowest BCUT2D eigenvalue weighted by atomic mass is 10.1. The van der Waals surface area contributed by atoms with E-state index >= 15 is 0 Å². The lowest BCUT2D eigenvalue weighted by molar-refractivity contribution is 0.199. The minimum Gasteiger partial charge on any atom is -0.389 e. The Morgan fingerprint density at radius 3 is 2.88 bits per heavy atom. The molecule has 0 aliphatic rings. The zero-order valence-electron chi connectivity index (χ0n) is 8.64. The van der Waals surface area contributed by atoms with Gasteiger partial charge in [-0.2, -0.15) is 0 Å². The second kappa shape index (κ2) is 4.91. The Kier molecular flexibility index (Phi) is 3.53. The van der Waals surface area contributed by atoms with Crippen molar-refractivity contribution in [1.29, 1.82) is 0 Å². The first kappa shape index (κ1) is 11.5. The Balaban J connectivity index is 2.21. The summed E-state index contributed by atoms with van der Waals surface area (Å²) in [4.78, 5) is 8.11. The molecule has 84 valence electrons. The van der Waals surface area contributed by atoms with Crippen LogP contribution in [0.3, 0.4) is 0 Å². The molecule has 1 heterocycles. The normalized spacial score (nSPS) is 12.7. The number of nitrogens with zero attached hydrogens (tertiary/aromatic N) is 1. The molecule has 1 aromatic carbocycles. The van der Waals surface area contributed by atoms with Gasteiger partial charge < -0.3 is 10.1 Å². The predicted molar refractivity (Wildman–Crippen MR) is 64.8 cm³/mol. The SMILES string of the molecule is CC(O)c1ccc(Sc2ncc[nH]2)cc1Cl. The van der Waals surface area contributed by atoms with Crippen LogP contribution in [0.25, 0.3) is 0 Å². The number of aliphatic hydroxyl groups excluding tert-OH is 1. The molecule has 2 N–H and O–H groups in total. The van der Waals surface area contributed by atoms with Crippen molar-refractivity contribution in [3.63, 3.8) is 0 Å². The maximum atomic E-state index is 9.44. The highest BCUT2D eigenvalue weighted by Gasteiger charge is 2.08. The van der Waals surface area contributed by atoms with Gasteiger partial charge in [-0.1, -0.05) is 29.4 Å². The highest BCUT2D eigenvalue weighted by Crippen LogP contribution is 2.30. The summed E-state index contributed by atoms with van der Waals surface area (Å²) >= 11 is 7.56. The molecule has 2 aromatic rings. The molecule has 0 saturated heterocycles. The second-order valence-electron chi connectivity index (χ2n) is 3.36. The van der Waals surface area contributed by atoms with Gasteiger partial charge >= 0.3 is 0 Å². The number of imidazole rings is 1. The third-order valence-corrected chi connectivity index (χ3v) is 3.34. The Morgan fingerprint density at radius 2 is 2.31 bits per heavy atom. The number of halogens is 1. The van der Waals surface area contributed by atoms with E-state index in [9.17, 15) is 5.11 Å². The number of hydrogen-bond acceptors (Lipinski definition) is 3. The van der Waals surface area contributed by atoms with Crippen molar-refractivity contribution in [3.8, 4) is 0 Å². The smallest absolute Gasteiger partial charge is 0.170 e. The Hall–Kier alpha value is -0.970. The summed E-state index contributed by atoms with van der Waals surface area (Å²) in [6.45, 7) is 1.69. The van der Waals surface area contributed by atoms with E-state index in [4.69, 9.17) is 11.6 Å². The number of rotatable bonds is 3. The van der Waals surface area contributed by atoms with Gasteiger partial charge in [-0.25, -0.2) is 4.98 Å². The fraction of sp³-hybridized carbons (Fsp3) is 0.182. The molecule has 16 heavy (non-hydrogen) atoms. The molecule has 1 atom stereocenters. The molecular weight excluding hydrogens is 244 g/mol. The van der Waals surface area contributed by atoms with Crippen LogP contribution in [-0.4, -0.2) is 15.1 Å². The number of H-pyrrole nitrogens is 1. The molecule has 0 aliphatic heterocycles. The van der Waals surface area contributed by atoms with Crippen LogP contribution in [0.2, 0.25) is 5.02 Å². The van der Waals surface area contributed by atoms with E-state index in [0.717, 1.165) is 15.6 Å². The van der Waals surface area contributed by atoms with Gasteiger partial charge in [-0.05, 0) is 24.6 Å². The quantitative estimate of drug-likeness (QED) is 0.884. The van der Waals surface area contributed by atoms with Gasteiger partial charge in [0.2, 0.25) is 0 Å². The van der Waals surface area contributed by atoms with Crippen LogP contribution in [0.1, 0.15) is 18.6 Å². The van der Waals surface area contributed by atoms with E-state index in [0.29, 0.717) is 5.02 Å². The first-order valence-corrected chi connectivity index (χ1v) is 6.01. The highest BCUT2D eigenvalue weighted by atomic mass is 35.5. The standard InChI is InChI=1S/C11H11ClN2OS/c1-7(15)9-3-2-8(6-10(9)12)16-11-13-4-5-14-11/h2-7,15H,1H3,(H,13,14). The molecule has 2 rings (SSSR count). The van der Waals surface area contributed by atoms with Crippen LogP contribution >= 0.6 is 23.4 Å². The van der Waals surface area contributed by atoms with Gasteiger partial charge in [-0.15, -0.1) is 0 Å². The van der Waals surface area contributed by atoms with Crippen molar-refractivity contribution in [2.45, 2.75) is 23.1 Å². The van der Waals surface area contributed by atoms with Crippen LogP contribution in [0.5, 0.6) is 0 Å². The molecular formula is C11H11ClN2OS. The van der Waals surface area contributed by atoms with Crippen LogP contribution in [-0.2, 0) is 0 Å². The minimum absolute atomic E-state index is 0.546. The summed E-state index contributed by atoms with van der Waals surface area (Å²) in [5.41, 5.74) is 0.741. The van der Waals surface area contributed by atoms with Crippen molar-refractivity contribution in [1.82, 2.24) is 9.97 Å². The summed E-state index contributed by atoms with van der Waals surface area (Å²) in [6.07, 6.45) is 2.93. The molecule has 3 nitrogen and oxygen atoms in total. The zero-order valence-corrected chi connectivity index (χ0v) is 10.2. The van der Waals surface area contributed by atoms with Crippen LogP contribution < -0.4 is 0 Å². The maximum absolute atomic E-state index is 9.44. The van der Waals surface area contributed by atoms with Crippen molar-refractivity contribution < 1.29 is 5.11 Å². The molecule has 0 bridgehead atoms.